The van der Waals surface area contributed by atoms with Gasteiger partial charge in [0, 0.05) is 13.1 Å². The van der Waals surface area contributed by atoms with E-state index in [1.165, 1.54) is 5.56 Å². The summed E-state index contributed by atoms with van der Waals surface area (Å²) in [5, 5.41) is 10.2. The zero-order chi connectivity index (χ0) is 17.5. The Labute approximate surface area is 150 Å². The largest absolute Gasteiger partial charge is 0.497 e. The Kier molecular flexibility index (Phi) is 6.45. The van der Waals surface area contributed by atoms with Gasteiger partial charge in [0.1, 0.15) is 5.75 Å². The minimum absolute atomic E-state index is 0.360. The Morgan fingerprint density at radius 1 is 1.12 bits per heavy atom. The molecule has 1 saturated heterocycles. The lowest BCUT2D eigenvalue weighted by Crippen LogP contribution is -2.33. The molecule has 2 aromatic carbocycles. The van der Waals surface area contributed by atoms with Crippen LogP contribution in [0.15, 0.2) is 54.6 Å². The van der Waals surface area contributed by atoms with E-state index in [-0.39, 0.29) is 0 Å². The number of methoxy groups -OCH3 is 1. The second-order valence-corrected chi connectivity index (χ2v) is 6.67. The second-order valence-electron chi connectivity index (χ2n) is 6.67. The molecule has 0 aromatic heterocycles. The number of benzene rings is 2. The van der Waals surface area contributed by atoms with E-state index >= 15 is 0 Å². The second kappa shape index (κ2) is 8.99. The van der Waals surface area contributed by atoms with E-state index in [0.29, 0.717) is 25.7 Å². The molecule has 0 saturated carbocycles. The van der Waals surface area contributed by atoms with Crippen molar-refractivity contribution in [2.24, 2.45) is 0 Å². The highest BCUT2D eigenvalue weighted by Crippen LogP contribution is 2.26. The van der Waals surface area contributed by atoms with Gasteiger partial charge in [0.2, 0.25) is 0 Å². The van der Waals surface area contributed by atoms with E-state index < -0.39 is 6.10 Å². The van der Waals surface area contributed by atoms with E-state index in [4.69, 9.17) is 9.47 Å². The minimum atomic E-state index is -0.451. The maximum absolute atomic E-state index is 10.2. The van der Waals surface area contributed by atoms with Crippen molar-refractivity contribution in [3.8, 4) is 5.75 Å². The summed E-state index contributed by atoms with van der Waals surface area (Å²) in [5.41, 5.74) is 2.48. The predicted molar refractivity (Wildman–Crippen MR) is 98.9 cm³/mol. The van der Waals surface area contributed by atoms with Crippen molar-refractivity contribution in [1.82, 2.24) is 4.90 Å². The third kappa shape index (κ3) is 5.30. The van der Waals surface area contributed by atoms with E-state index in [2.05, 4.69) is 35.2 Å². The molecule has 0 spiro atoms. The van der Waals surface area contributed by atoms with Crippen molar-refractivity contribution in [2.45, 2.75) is 25.0 Å². The Bertz CT molecular complexity index is 629. The van der Waals surface area contributed by atoms with Crippen LogP contribution in [0.1, 0.15) is 23.5 Å². The van der Waals surface area contributed by atoms with Crippen molar-refractivity contribution in [2.75, 3.05) is 33.4 Å². The van der Waals surface area contributed by atoms with Gasteiger partial charge in [0.15, 0.2) is 0 Å². The fraction of sp³-hybridized carbons (Fsp3) is 0.429. The van der Waals surface area contributed by atoms with Crippen LogP contribution < -0.4 is 4.74 Å². The molecule has 4 heteroatoms. The fourth-order valence-corrected chi connectivity index (χ4v) is 3.38. The van der Waals surface area contributed by atoms with Gasteiger partial charge >= 0.3 is 0 Å². The summed E-state index contributed by atoms with van der Waals surface area (Å²) in [6.07, 6.45) is 0.705. The van der Waals surface area contributed by atoms with Gasteiger partial charge in [-0.1, -0.05) is 42.5 Å². The van der Waals surface area contributed by atoms with Gasteiger partial charge in [-0.3, -0.25) is 0 Å². The van der Waals surface area contributed by atoms with Gasteiger partial charge in [0.05, 0.1) is 26.4 Å². The SMILES string of the molecule is COc1ccc(COCC(O)CN2CCC(c3ccccc3)C2)cc1. The molecule has 0 amide bonds. The number of likely N-dealkylation sites (tertiary alicyclic amines) is 1. The van der Waals surface area contributed by atoms with Crippen LogP contribution in [0.3, 0.4) is 0 Å². The Morgan fingerprint density at radius 3 is 2.60 bits per heavy atom. The summed E-state index contributed by atoms with van der Waals surface area (Å²) in [7, 11) is 1.66. The van der Waals surface area contributed by atoms with E-state index in [1.54, 1.807) is 7.11 Å². The van der Waals surface area contributed by atoms with Crippen LogP contribution in [0.25, 0.3) is 0 Å². The Morgan fingerprint density at radius 2 is 1.88 bits per heavy atom. The van der Waals surface area contributed by atoms with Crippen LogP contribution in [-0.4, -0.2) is 49.5 Å². The van der Waals surface area contributed by atoms with Gasteiger partial charge in [-0.2, -0.15) is 0 Å². The molecule has 1 heterocycles. The molecule has 1 fully saturated rings. The van der Waals surface area contributed by atoms with Crippen LogP contribution in [0.2, 0.25) is 0 Å². The zero-order valence-corrected chi connectivity index (χ0v) is 14.8. The number of hydrogen-bond acceptors (Lipinski definition) is 4. The average Bonchev–Trinajstić information content (AvgIpc) is 3.11. The molecule has 2 atom stereocenters. The molecule has 1 aliphatic heterocycles. The number of rotatable bonds is 8. The topological polar surface area (TPSA) is 41.9 Å². The normalized spacial score (nSPS) is 19.0. The minimum Gasteiger partial charge on any atom is -0.497 e. The van der Waals surface area contributed by atoms with Gasteiger partial charge < -0.3 is 19.5 Å². The highest BCUT2D eigenvalue weighted by Gasteiger charge is 2.25. The summed E-state index contributed by atoms with van der Waals surface area (Å²) in [5.74, 6) is 1.42. The lowest BCUT2D eigenvalue weighted by Gasteiger charge is -2.20. The summed E-state index contributed by atoms with van der Waals surface area (Å²) < 4.78 is 10.8. The van der Waals surface area contributed by atoms with Crippen molar-refractivity contribution < 1.29 is 14.6 Å². The Hall–Kier alpha value is -1.88. The lowest BCUT2D eigenvalue weighted by atomic mass is 9.99. The summed E-state index contributed by atoms with van der Waals surface area (Å²) in [6, 6.07) is 18.4. The molecule has 0 radical (unpaired) electrons. The standard InChI is InChI=1S/C21H27NO3/c1-24-21-9-7-17(8-10-21)15-25-16-20(23)14-22-12-11-19(13-22)18-5-3-2-4-6-18/h2-10,19-20,23H,11-16H2,1H3. The lowest BCUT2D eigenvalue weighted by molar-refractivity contribution is 0.0132. The molecule has 2 aromatic rings. The molecule has 1 aliphatic rings. The molecule has 0 bridgehead atoms. The van der Waals surface area contributed by atoms with Crippen LogP contribution in [0, 0.1) is 0 Å². The summed E-state index contributed by atoms with van der Waals surface area (Å²) in [4.78, 5) is 2.33. The first-order chi connectivity index (χ1) is 12.2. The number of nitrogens with zero attached hydrogens (tertiary/aromatic N) is 1. The first-order valence-corrected chi connectivity index (χ1v) is 8.90. The van der Waals surface area contributed by atoms with Gasteiger partial charge in [-0.25, -0.2) is 0 Å². The smallest absolute Gasteiger partial charge is 0.118 e. The number of ether oxygens (including phenoxy) is 2. The summed E-state index contributed by atoms with van der Waals surface area (Å²) in [6.45, 7) is 3.59. The molecule has 1 N–H and O–H groups in total. The van der Waals surface area contributed by atoms with Crippen molar-refractivity contribution in [3.63, 3.8) is 0 Å². The monoisotopic (exact) mass is 341 g/mol. The van der Waals surface area contributed by atoms with Crippen LogP contribution in [0.4, 0.5) is 0 Å². The van der Waals surface area contributed by atoms with Crippen molar-refractivity contribution >= 4 is 0 Å². The van der Waals surface area contributed by atoms with Gasteiger partial charge in [-0.05, 0) is 42.1 Å². The first kappa shape index (κ1) is 17.9. The number of hydrogen-bond donors (Lipinski definition) is 1. The number of aliphatic hydroxyl groups excluding tert-OH is 1. The highest BCUT2D eigenvalue weighted by molar-refractivity contribution is 5.26. The van der Waals surface area contributed by atoms with Gasteiger partial charge in [0.25, 0.3) is 0 Å². The first-order valence-electron chi connectivity index (χ1n) is 8.90. The maximum Gasteiger partial charge on any atom is 0.118 e. The third-order valence-corrected chi connectivity index (χ3v) is 4.75. The van der Waals surface area contributed by atoms with Crippen molar-refractivity contribution in [3.05, 3.63) is 65.7 Å². The quantitative estimate of drug-likeness (QED) is 0.801. The zero-order valence-electron chi connectivity index (χ0n) is 14.8. The van der Waals surface area contributed by atoms with Crippen LogP contribution in [0.5, 0.6) is 5.75 Å². The molecule has 2 unspecified atom stereocenters. The third-order valence-electron chi connectivity index (χ3n) is 4.75. The molecule has 3 rings (SSSR count). The molecular formula is C21H27NO3. The molecule has 134 valence electrons. The average molecular weight is 341 g/mol. The fourth-order valence-electron chi connectivity index (χ4n) is 3.38. The van der Waals surface area contributed by atoms with E-state index in [9.17, 15) is 5.11 Å². The van der Waals surface area contributed by atoms with E-state index in [1.807, 2.05) is 24.3 Å². The highest BCUT2D eigenvalue weighted by atomic mass is 16.5. The molecular weight excluding hydrogens is 314 g/mol. The van der Waals surface area contributed by atoms with Gasteiger partial charge in [-0.15, -0.1) is 0 Å². The van der Waals surface area contributed by atoms with Crippen molar-refractivity contribution in [1.29, 1.82) is 0 Å². The molecule has 25 heavy (non-hydrogen) atoms. The van der Waals surface area contributed by atoms with Crippen LogP contribution in [-0.2, 0) is 11.3 Å². The van der Waals surface area contributed by atoms with Crippen LogP contribution >= 0.6 is 0 Å². The maximum atomic E-state index is 10.2. The number of β-amino-alcohol motifs (C(OH)–C–C–N with tert-alkyl or cyclic N) is 1. The Balaban J connectivity index is 1.37. The summed E-state index contributed by atoms with van der Waals surface area (Å²) >= 11 is 0. The number of aliphatic hydroxyl groups is 1. The molecule has 4 nitrogen and oxygen atoms in total. The molecule has 0 aliphatic carbocycles. The van der Waals surface area contributed by atoms with E-state index in [0.717, 1.165) is 30.8 Å². The predicted octanol–water partition coefficient (Wildman–Crippen LogP) is 3.06.